The van der Waals surface area contributed by atoms with E-state index in [1.807, 2.05) is 30.9 Å². The van der Waals surface area contributed by atoms with Crippen LogP contribution in [0.4, 0.5) is 5.69 Å². The van der Waals surface area contributed by atoms with Gasteiger partial charge in [0.25, 0.3) is 0 Å². The summed E-state index contributed by atoms with van der Waals surface area (Å²) in [6.07, 6.45) is 0.621. The molecule has 2 N–H and O–H groups in total. The Kier molecular flexibility index (Phi) is 4.78. The highest BCUT2D eigenvalue weighted by molar-refractivity contribution is 5.93. The van der Waals surface area contributed by atoms with Gasteiger partial charge in [-0.15, -0.1) is 0 Å². The molecule has 1 aromatic carbocycles. The highest BCUT2D eigenvalue weighted by Gasteiger charge is 2.25. The molecule has 1 aliphatic heterocycles. The fourth-order valence-corrected chi connectivity index (χ4v) is 2.60. The summed E-state index contributed by atoms with van der Waals surface area (Å²) in [5, 5.41) is 12.8. The van der Waals surface area contributed by atoms with E-state index in [1.165, 1.54) is 5.56 Å². The predicted octanol–water partition coefficient (Wildman–Crippen LogP) is 1.94. The van der Waals surface area contributed by atoms with Gasteiger partial charge in [-0.25, -0.2) is 0 Å². The van der Waals surface area contributed by atoms with Gasteiger partial charge in [0.15, 0.2) is 0 Å². The van der Waals surface area contributed by atoms with Crippen molar-refractivity contribution in [2.45, 2.75) is 33.3 Å². The Bertz CT molecular complexity index is 487. The standard InChI is InChI=1S/C16H24N2O2/c1-11-4-5-14(13(3)8-11)17-16(20)10-18-7-6-12(2)15(19)9-18/h4-5,8,12,15,19H,6-7,9-10H2,1-3H3,(H,17,20). The van der Waals surface area contributed by atoms with Gasteiger partial charge in [0.1, 0.15) is 0 Å². The molecule has 1 aromatic rings. The summed E-state index contributed by atoms with van der Waals surface area (Å²) < 4.78 is 0. The zero-order valence-electron chi connectivity index (χ0n) is 12.5. The molecule has 110 valence electrons. The van der Waals surface area contributed by atoms with Crippen molar-refractivity contribution in [3.05, 3.63) is 29.3 Å². The van der Waals surface area contributed by atoms with Gasteiger partial charge < -0.3 is 10.4 Å². The first-order chi connectivity index (χ1) is 9.45. The van der Waals surface area contributed by atoms with Crippen LogP contribution >= 0.6 is 0 Å². The van der Waals surface area contributed by atoms with Crippen LogP contribution in [0.5, 0.6) is 0 Å². The predicted molar refractivity (Wildman–Crippen MR) is 80.8 cm³/mol. The molecule has 2 unspecified atom stereocenters. The quantitative estimate of drug-likeness (QED) is 0.887. The van der Waals surface area contributed by atoms with Gasteiger partial charge in [0.2, 0.25) is 5.91 Å². The second kappa shape index (κ2) is 6.37. The van der Waals surface area contributed by atoms with Gasteiger partial charge in [0.05, 0.1) is 12.6 Å². The van der Waals surface area contributed by atoms with Crippen LogP contribution in [-0.4, -0.2) is 41.7 Å². The largest absolute Gasteiger partial charge is 0.392 e. The molecule has 0 aliphatic carbocycles. The molecule has 1 saturated heterocycles. The lowest BCUT2D eigenvalue weighted by atomic mass is 9.96. The highest BCUT2D eigenvalue weighted by atomic mass is 16.3. The molecule has 1 fully saturated rings. The average molecular weight is 276 g/mol. The highest BCUT2D eigenvalue weighted by Crippen LogP contribution is 2.18. The van der Waals surface area contributed by atoms with Crippen LogP contribution in [0.25, 0.3) is 0 Å². The number of aliphatic hydroxyl groups is 1. The molecule has 0 saturated carbocycles. The third-order valence-corrected chi connectivity index (χ3v) is 4.03. The van der Waals surface area contributed by atoms with E-state index < -0.39 is 0 Å². The smallest absolute Gasteiger partial charge is 0.238 e. The van der Waals surface area contributed by atoms with E-state index in [-0.39, 0.29) is 12.0 Å². The van der Waals surface area contributed by atoms with Crippen molar-refractivity contribution in [2.24, 2.45) is 5.92 Å². The molecule has 4 heteroatoms. The fraction of sp³-hybridized carbons (Fsp3) is 0.562. The molecule has 2 atom stereocenters. The SMILES string of the molecule is Cc1ccc(NC(=O)CN2CCC(C)C(O)C2)c(C)c1. The van der Waals surface area contributed by atoms with Crippen LogP contribution in [0.1, 0.15) is 24.5 Å². The van der Waals surface area contributed by atoms with Crippen LogP contribution in [0.2, 0.25) is 0 Å². The van der Waals surface area contributed by atoms with Crippen LogP contribution < -0.4 is 5.32 Å². The van der Waals surface area contributed by atoms with Gasteiger partial charge in [-0.05, 0) is 44.4 Å². The molecule has 1 heterocycles. The number of aryl methyl sites for hydroxylation is 2. The molecule has 1 aliphatic rings. The molecule has 0 aromatic heterocycles. The number of nitrogens with one attached hydrogen (secondary N) is 1. The topological polar surface area (TPSA) is 52.6 Å². The van der Waals surface area contributed by atoms with Crippen molar-refractivity contribution in [1.29, 1.82) is 0 Å². The van der Waals surface area contributed by atoms with Crippen LogP contribution in [0, 0.1) is 19.8 Å². The van der Waals surface area contributed by atoms with Crippen molar-refractivity contribution in [3.8, 4) is 0 Å². The number of rotatable bonds is 3. The first-order valence-electron chi connectivity index (χ1n) is 7.23. The van der Waals surface area contributed by atoms with Crippen molar-refractivity contribution < 1.29 is 9.90 Å². The maximum atomic E-state index is 12.1. The summed E-state index contributed by atoms with van der Waals surface area (Å²) >= 11 is 0. The van der Waals surface area contributed by atoms with Crippen molar-refractivity contribution >= 4 is 11.6 Å². The number of anilines is 1. The zero-order valence-corrected chi connectivity index (χ0v) is 12.5. The minimum absolute atomic E-state index is 0.0151. The van der Waals surface area contributed by atoms with Crippen molar-refractivity contribution in [3.63, 3.8) is 0 Å². The third-order valence-electron chi connectivity index (χ3n) is 4.03. The summed E-state index contributed by atoms with van der Waals surface area (Å²) in [4.78, 5) is 14.1. The number of benzene rings is 1. The van der Waals surface area contributed by atoms with E-state index in [4.69, 9.17) is 0 Å². The van der Waals surface area contributed by atoms with Crippen LogP contribution in [0.3, 0.4) is 0 Å². The lowest BCUT2D eigenvalue weighted by Gasteiger charge is -2.33. The van der Waals surface area contributed by atoms with E-state index >= 15 is 0 Å². The lowest BCUT2D eigenvalue weighted by Crippen LogP contribution is -2.45. The lowest BCUT2D eigenvalue weighted by molar-refractivity contribution is -0.118. The molecule has 0 spiro atoms. The van der Waals surface area contributed by atoms with Gasteiger partial charge >= 0.3 is 0 Å². The first kappa shape index (κ1) is 15.0. The Hall–Kier alpha value is -1.39. The van der Waals surface area contributed by atoms with Gasteiger partial charge in [-0.1, -0.05) is 24.6 Å². The number of carbonyl (C=O) groups excluding carboxylic acids is 1. The Labute approximate surface area is 120 Å². The average Bonchev–Trinajstić information content (AvgIpc) is 2.37. The molecular formula is C16H24N2O2. The summed E-state index contributed by atoms with van der Waals surface area (Å²) in [5.74, 6) is 0.312. The van der Waals surface area contributed by atoms with Crippen molar-refractivity contribution in [1.82, 2.24) is 4.90 Å². The number of likely N-dealkylation sites (tertiary alicyclic amines) is 1. The normalized spacial score (nSPS) is 23.6. The second-order valence-corrected chi connectivity index (χ2v) is 5.93. The Morgan fingerprint density at radius 3 is 2.85 bits per heavy atom. The van der Waals surface area contributed by atoms with Gasteiger partial charge in [-0.2, -0.15) is 0 Å². The number of β-amino-alcohol motifs (C(OH)–C–C–N with tert-alkyl or cyclic N) is 1. The molecule has 4 nitrogen and oxygen atoms in total. The van der Waals surface area contributed by atoms with E-state index in [9.17, 15) is 9.90 Å². The van der Waals surface area contributed by atoms with E-state index in [0.29, 0.717) is 19.0 Å². The minimum Gasteiger partial charge on any atom is -0.392 e. The molecule has 0 bridgehead atoms. The summed E-state index contributed by atoms with van der Waals surface area (Å²) in [6.45, 7) is 7.89. The maximum Gasteiger partial charge on any atom is 0.238 e. The molecule has 0 radical (unpaired) electrons. The molecule has 1 amide bonds. The third kappa shape index (κ3) is 3.81. The Morgan fingerprint density at radius 2 is 2.20 bits per heavy atom. The van der Waals surface area contributed by atoms with E-state index in [1.54, 1.807) is 0 Å². The maximum absolute atomic E-state index is 12.1. The monoisotopic (exact) mass is 276 g/mol. The van der Waals surface area contributed by atoms with E-state index in [0.717, 1.165) is 24.2 Å². The number of piperidine rings is 1. The number of nitrogens with zero attached hydrogens (tertiary/aromatic N) is 1. The number of hydrogen-bond donors (Lipinski definition) is 2. The number of carbonyl (C=O) groups is 1. The summed E-state index contributed by atoms with van der Waals surface area (Å²) in [6, 6.07) is 5.99. The zero-order chi connectivity index (χ0) is 14.7. The van der Waals surface area contributed by atoms with Crippen LogP contribution in [-0.2, 0) is 4.79 Å². The minimum atomic E-state index is -0.322. The van der Waals surface area contributed by atoms with Crippen molar-refractivity contribution in [2.75, 3.05) is 25.0 Å². The summed E-state index contributed by atoms with van der Waals surface area (Å²) in [7, 11) is 0. The Morgan fingerprint density at radius 1 is 1.45 bits per heavy atom. The Balaban J connectivity index is 1.89. The first-order valence-corrected chi connectivity index (χ1v) is 7.23. The number of hydrogen-bond acceptors (Lipinski definition) is 3. The van der Waals surface area contributed by atoms with Gasteiger partial charge in [0, 0.05) is 12.2 Å². The second-order valence-electron chi connectivity index (χ2n) is 5.93. The molecule has 20 heavy (non-hydrogen) atoms. The van der Waals surface area contributed by atoms with Gasteiger partial charge in [-0.3, -0.25) is 9.69 Å². The van der Waals surface area contributed by atoms with E-state index in [2.05, 4.69) is 18.3 Å². The molecular weight excluding hydrogens is 252 g/mol. The van der Waals surface area contributed by atoms with Crippen LogP contribution in [0.15, 0.2) is 18.2 Å². The fourth-order valence-electron chi connectivity index (χ4n) is 2.60. The molecule has 2 rings (SSSR count). The summed E-state index contributed by atoms with van der Waals surface area (Å²) in [5.41, 5.74) is 3.13. The number of amides is 1. The number of aliphatic hydroxyl groups excluding tert-OH is 1.